The third kappa shape index (κ3) is 2.12. The van der Waals surface area contributed by atoms with Crippen molar-refractivity contribution in [2.75, 3.05) is 5.88 Å². The summed E-state index contributed by atoms with van der Waals surface area (Å²) in [5.74, 6) is -0.0600. The molecule has 1 aromatic rings. The van der Waals surface area contributed by atoms with Crippen LogP contribution in [0.4, 0.5) is 5.82 Å². The van der Waals surface area contributed by atoms with Gasteiger partial charge in [0.15, 0.2) is 5.69 Å². The lowest BCUT2D eigenvalue weighted by molar-refractivity contribution is -0.391. The number of nitrogens with zero attached hydrogens (tertiary/aromatic N) is 2. The molecule has 6 nitrogen and oxygen atoms in total. The van der Waals surface area contributed by atoms with Crippen molar-refractivity contribution in [3.05, 3.63) is 27.9 Å². The molecule has 1 aliphatic rings. The fourth-order valence-electron chi connectivity index (χ4n) is 1.66. The van der Waals surface area contributed by atoms with Crippen LogP contribution in [0, 0.1) is 10.1 Å². The Labute approximate surface area is 103 Å². The number of nitrogens with one attached hydrogen (secondary N) is 1. The lowest BCUT2D eigenvalue weighted by Gasteiger charge is -2.12. The van der Waals surface area contributed by atoms with Crippen LogP contribution in [0.3, 0.4) is 0 Å². The van der Waals surface area contributed by atoms with Crippen LogP contribution in [0.15, 0.2) is 12.1 Å². The first-order chi connectivity index (χ1) is 7.99. The number of alkyl halides is 1. The SMILES string of the molecule is Cn1c(C(=O)NC2(CCl)CC2)ccc1[N+](=O)[O-]. The Morgan fingerprint density at radius 1 is 1.65 bits per heavy atom. The van der Waals surface area contributed by atoms with Gasteiger partial charge < -0.3 is 15.4 Å². The fraction of sp³-hybridized carbons (Fsp3) is 0.500. The first-order valence-corrected chi connectivity index (χ1v) is 5.71. The summed E-state index contributed by atoms with van der Waals surface area (Å²) in [6.07, 6.45) is 1.71. The standard InChI is InChI=1S/C10H12ClN3O3/c1-13-7(2-3-8(13)14(16)17)9(15)12-10(6-11)4-5-10/h2-3H,4-6H2,1H3,(H,12,15). The van der Waals surface area contributed by atoms with Crippen LogP contribution >= 0.6 is 11.6 Å². The number of carbonyl (C=O) groups excluding carboxylic acids is 1. The van der Waals surface area contributed by atoms with Crippen LogP contribution in [0.2, 0.25) is 0 Å². The zero-order valence-corrected chi connectivity index (χ0v) is 10.0. The molecule has 1 fully saturated rings. The predicted octanol–water partition coefficient (Wildman–Crippen LogP) is 1.43. The Morgan fingerprint density at radius 2 is 2.29 bits per heavy atom. The molecule has 7 heteroatoms. The largest absolute Gasteiger partial charge is 0.358 e. The lowest BCUT2D eigenvalue weighted by atomic mass is 10.3. The van der Waals surface area contributed by atoms with Crippen molar-refractivity contribution in [3.8, 4) is 0 Å². The molecule has 1 saturated carbocycles. The van der Waals surface area contributed by atoms with Crippen LogP contribution < -0.4 is 5.32 Å². The zero-order valence-electron chi connectivity index (χ0n) is 9.27. The molecule has 1 aliphatic carbocycles. The Morgan fingerprint density at radius 3 is 2.71 bits per heavy atom. The Balaban J connectivity index is 2.17. The van der Waals surface area contributed by atoms with Gasteiger partial charge >= 0.3 is 5.82 Å². The number of halogens is 1. The van der Waals surface area contributed by atoms with E-state index in [1.165, 1.54) is 23.7 Å². The summed E-state index contributed by atoms with van der Waals surface area (Å²) in [5.41, 5.74) is -0.0365. The highest BCUT2D eigenvalue weighted by Gasteiger charge is 2.44. The van der Waals surface area contributed by atoms with Crippen molar-refractivity contribution in [3.63, 3.8) is 0 Å². The van der Waals surface area contributed by atoms with Crippen molar-refractivity contribution >= 4 is 23.3 Å². The van der Waals surface area contributed by atoms with Gasteiger partial charge in [-0.15, -0.1) is 11.6 Å². The second-order valence-corrected chi connectivity index (χ2v) is 4.53. The molecular formula is C10H12ClN3O3. The number of rotatable bonds is 4. The summed E-state index contributed by atoms with van der Waals surface area (Å²) in [4.78, 5) is 22.0. The molecule has 0 unspecified atom stereocenters. The fourth-order valence-corrected chi connectivity index (χ4v) is 1.99. The molecule has 0 aliphatic heterocycles. The topological polar surface area (TPSA) is 77.2 Å². The van der Waals surface area contributed by atoms with Crippen LogP contribution in [0.1, 0.15) is 23.3 Å². The highest BCUT2D eigenvalue weighted by Crippen LogP contribution is 2.36. The van der Waals surface area contributed by atoms with Crippen molar-refractivity contribution < 1.29 is 9.72 Å². The molecule has 0 atom stereocenters. The van der Waals surface area contributed by atoms with Crippen LogP contribution in [0.5, 0.6) is 0 Å². The van der Waals surface area contributed by atoms with Gasteiger partial charge in [0.2, 0.25) is 0 Å². The van der Waals surface area contributed by atoms with Crippen molar-refractivity contribution in [2.45, 2.75) is 18.4 Å². The summed E-state index contributed by atoms with van der Waals surface area (Å²) >= 11 is 5.75. The van der Waals surface area contributed by atoms with Crippen molar-refractivity contribution in [1.29, 1.82) is 0 Å². The van der Waals surface area contributed by atoms with Crippen LogP contribution in [-0.2, 0) is 7.05 Å². The molecule has 0 aromatic carbocycles. The predicted molar refractivity (Wildman–Crippen MR) is 62.2 cm³/mol. The first-order valence-electron chi connectivity index (χ1n) is 5.18. The third-order valence-corrected chi connectivity index (χ3v) is 3.51. The summed E-state index contributed by atoms with van der Waals surface area (Å²) in [5, 5.41) is 13.5. The normalized spacial score (nSPS) is 16.6. The molecular weight excluding hydrogens is 246 g/mol. The number of aromatic nitrogens is 1. The van der Waals surface area contributed by atoms with E-state index in [0.717, 1.165) is 12.8 Å². The molecule has 2 rings (SSSR count). The summed E-state index contributed by atoms with van der Waals surface area (Å²) in [6, 6.07) is 2.76. The number of carbonyl (C=O) groups is 1. The molecule has 17 heavy (non-hydrogen) atoms. The maximum atomic E-state index is 11.9. The Kier molecular flexibility index (Phi) is 2.82. The molecule has 1 N–H and O–H groups in total. The minimum Gasteiger partial charge on any atom is -0.358 e. The van der Waals surface area contributed by atoms with E-state index in [1.807, 2.05) is 0 Å². The van der Waals surface area contributed by atoms with Gasteiger partial charge in [-0.1, -0.05) is 0 Å². The van der Waals surface area contributed by atoms with Gasteiger partial charge in [-0.2, -0.15) is 0 Å². The Bertz CT molecular complexity index is 479. The molecule has 0 radical (unpaired) electrons. The Hall–Kier alpha value is -1.56. The molecule has 92 valence electrons. The minimum atomic E-state index is -0.523. The van der Waals surface area contributed by atoms with Gasteiger partial charge in [-0.05, 0) is 23.8 Å². The number of amides is 1. The second-order valence-electron chi connectivity index (χ2n) is 4.26. The minimum absolute atomic E-state index is 0.106. The van der Waals surface area contributed by atoms with E-state index in [2.05, 4.69) is 5.32 Å². The maximum Gasteiger partial charge on any atom is 0.323 e. The number of hydrogen-bond donors (Lipinski definition) is 1. The molecule has 1 aromatic heterocycles. The smallest absolute Gasteiger partial charge is 0.323 e. The van der Waals surface area contributed by atoms with Crippen LogP contribution in [0.25, 0.3) is 0 Å². The first kappa shape index (κ1) is 11.9. The highest BCUT2D eigenvalue weighted by molar-refractivity contribution is 6.19. The number of nitro groups is 1. The number of hydrogen-bond acceptors (Lipinski definition) is 3. The van der Waals surface area contributed by atoms with E-state index in [1.54, 1.807) is 0 Å². The average molecular weight is 258 g/mol. The summed E-state index contributed by atoms with van der Waals surface area (Å²) in [7, 11) is 1.49. The van der Waals surface area contributed by atoms with E-state index in [-0.39, 0.29) is 23.0 Å². The lowest BCUT2D eigenvalue weighted by Crippen LogP contribution is -2.39. The van der Waals surface area contributed by atoms with Gasteiger partial charge in [-0.3, -0.25) is 4.79 Å². The maximum absolute atomic E-state index is 11.9. The third-order valence-electron chi connectivity index (χ3n) is 3.00. The molecule has 1 heterocycles. The summed E-state index contributed by atoms with van der Waals surface area (Å²) < 4.78 is 1.26. The van der Waals surface area contributed by atoms with Gasteiger partial charge in [0, 0.05) is 11.9 Å². The van der Waals surface area contributed by atoms with E-state index < -0.39 is 4.92 Å². The van der Waals surface area contributed by atoms with Crippen LogP contribution in [-0.4, -0.2) is 26.8 Å². The molecule has 1 amide bonds. The summed E-state index contributed by atoms with van der Waals surface area (Å²) in [6.45, 7) is 0. The monoisotopic (exact) mass is 257 g/mol. The van der Waals surface area contributed by atoms with Crippen molar-refractivity contribution in [2.24, 2.45) is 7.05 Å². The van der Waals surface area contributed by atoms with Gasteiger partial charge in [0.05, 0.1) is 12.6 Å². The van der Waals surface area contributed by atoms with E-state index in [4.69, 9.17) is 11.6 Å². The molecule has 0 bridgehead atoms. The average Bonchev–Trinajstić information content (AvgIpc) is 2.93. The highest BCUT2D eigenvalue weighted by atomic mass is 35.5. The van der Waals surface area contributed by atoms with E-state index >= 15 is 0 Å². The second kappa shape index (κ2) is 4.03. The molecule has 0 saturated heterocycles. The quantitative estimate of drug-likeness (QED) is 0.504. The van der Waals surface area contributed by atoms with Gasteiger partial charge in [0.1, 0.15) is 0 Å². The molecule has 0 spiro atoms. The zero-order chi connectivity index (χ0) is 12.6. The van der Waals surface area contributed by atoms with E-state index in [0.29, 0.717) is 5.88 Å². The van der Waals surface area contributed by atoms with Gasteiger partial charge in [-0.25, -0.2) is 4.57 Å². The van der Waals surface area contributed by atoms with Gasteiger partial charge in [0.25, 0.3) is 5.91 Å². The van der Waals surface area contributed by atoms with E-state index in [9.17, 15) is 14.9 Å². The van der Waals surface area contributed by atoms with Crippen molar-refractivity contribution in [1.82, 2.24) is 9.88 Å².